The molecule has 69 heavy (non-hydrogen) atoms. The van der Waals surface area contributed by atoms with Crippen molar-refractivity contribution in [2.45, 2.75) is 31.7 Å². The highest BCUT2D eigenvalue weighted by Crippen LogP contribution is 2.52. The molecule has 0 saturated carbocycles. The fourth-order valence-corrected chi connectivity index (χ4v) is 11.4. The summed E-state index contributed by atoms with van der Waals surface area (Å²) in [5.74, 6) is 0. The molecule has 2 aliphatic heterocycles. The highest BCUT2D eigenvalue weighted by atomic mass is 15.3. The zero-order chi connectivity index (χ0) is 47.0. The third-order valence-corrected chi connectivity index (χ3v) is 14.9. The van der Waals surface area contributed by atoms with E-state index in [1.807, 2.05) is 18.2 Å². The van der Waals surface area contributed by atoms with Crippen molar-refractivity contribution in [2.75, 3.05) is 33.7 Å². The maximum absolute atomic E-state index is 10.3. The van der Waals surface area contributed by atoms with E-state index in [9.17, 15) is 5.41 Å². The van der Waals surface area contributed by atoms with E-state index in [0.29, 0.717) is 12.1 Å². The van der Waals surface area contributed by atoms with Gasteiger partial charge in [0.1, 0.15) is 0 Å². The normalized spacial score (nSPS) is 18.6. The number of para-hydroxylation sites is 8. The molecule has 1 atom stereocenters. The highest BCUT2D eigenvalue weighted by Gasteiger charge is 2.36. The highest BCUT2D eigenvalue weighted by molar-refractivity contribution is 6.29. The third-order valence-electron chi connectivity index (χ3n) is 14.9. The minimum Gasteiger partial charge on any atom is -0.341 e. The monoisotopic (exact) mass is 891 g/mol. The second-order valence-corrected chi connectivity index (χ2v) is 19.0. The SMILES string of the molecule is C=Cc1ccccc1C(=N)C1=c2\ccc(N3c4ccccc4N(C)c4ccccc43)c\c2=C(c2ccc3c(c2)C(C)(C)c2ccccc2-3)\C=C\CC(N2c3ccccc3N(C)c3ccccc32)\C=C\1. The number of benzene rings is 8. The number of fused-ring (bicyclic) bond motifs is 8. The lowest BCUT2D eigenvalue weighted by Crippen LogP contribution is -2.36. The van der Waals surface area contributed by atoms with E-state index in [1.165, 1.54) is 22.3 Å². The Hall–Kier alpha value is -8.41. The van der Waals surface area contributed by atoms with Crippen LogP contribution in [-0.4, -0.2) is 25.8 Å². The van der Waals surface area contributed by atoms with Crippen molar-refractivity contribution in [3.05, 3.63) is 251 Å². The van der Waals surface area contributed by atoms with E-state index < -0.39 is 0 Å². The van der Waals surface area contributed by atoms with E-state index in [0.717, 1.165) is 89.5 Å². The number of hydrogen-bond donors (Lipinski definition) is 1. The summed E-state index contributed by atoms with van der Waals surface area (Å²) in [4.78, 5) is 9.48. The van der Waals surface area contributed by atoms with Crippen molar-refractivity contribution >= 4 is 74.1 Å². The van der Waals surface area contributed by atoms with Crippen LogP contribution in [0, 0.1) is 5.41 Å². The van der Waals surface area contributed by atoms with Crippen molar-refractivity contribution in [3.63, 3.8) is 0 Å². The van der Waals surface area contributed by atoms with Gasteiger partial charge < -0.3 is 19.6 Å². The second kappa shape index (κ2) is 16.4. The molecule has 2 aliphatic carbocycles. The third kappa shape index (κ3) is 6.63. The van der Waals surface area contributed by atoms with Gasteiger partial charge in [0.05, 0.1) is 57.3 Å². The minimum absolute atomic E-state index is 0.0939. The number of nitrogens with zero attached hydrogens (tertiary/aromatic N) is 4. The Kier molecular flexibility index (Phi) is 9.99. The van der Waals surface area contributed by atoms with Gasteiger partial charge in [-0.05, 0) is 123 Å². The quantitative estimate of drug-likeness (QED) is 0.169. The summed E-state index contributed by atoms with van der Waals surface area (Å²) < 4.78 is 0. The standard InChI is InChI=1S/C64H53N5/c1-6-42-20-7-8-22-47(42)63(65)51-39-35-44(68-59-30-15-11-26-55(59)66(4)56-27-12-16-31-60(56)68)21-19-24-46(43-34-37-50-49-23-9-10-25-53(49)64(2,3)54(50)40-43)52-41-45(36-38-48(51)52)69-61-32-17-13-28-57(61)67(5)58-29-14-18-33-62(58)69/h6-20,22-41,44,65H,1,21H2,2-5H3/b24-19+,39-35+,51-48+,52-46+,65-63?. The molecule has 5 nitrogen and oxygen atoms in total. The Bertz CT molecular complexity index is 3530. The van der Waals surface area contributed by atoms with E-state index in [-0.39, 0.29) is 11.5 Å². The number of hydrogen-bond acceptors (Lipinski definition) is 5. The van der Waals surface area contributed by atoms with Crippen LogP contribution in [-0.2, 0) is 5.41 Å². The van der Waals surface area contributed by atoms with Crippen LogP contribution >= 0.6 is 0 Å². The molecule has 4 aliphatic rings. The van der Waals surface area contributed by atoms with Crippen LogP contribution in [0.4, 0.5) is 51.2 Å². The van der Waals surface area contributed by atoms with Gasteiger partial charge in [0.15, 0.2) is 0 Å². The van der Waals surface area contributed by atoms with Gasteiger partial charge in [-0.2, -0.15) is 0 Å². The van der Waals surface area contributed by atoms with Crippen molar-refractivity contribution in [1.29, 1.82) is 5.41 Å². The van der Waals surface area contributed by atoms with Gasteiger partial charge in [-0.15, -0.1) is 0 Å². The summed E-state index contributed by atoms with van der Waals surface area (Å²) in [6.45, 7) is 8.91. The number of nitrogens with one attached hydrogen (secondary N) is 1. The van der Waals surface area contributed by atoms with E-state index in [4.69, 9.17) is 0 Å². The predicted octanol–water partition coefficient (Wildman–Crippen LogP) is 14.4. The van der Waals surface area contributed by atoms with Gasteiger partial charge in [-0.3, -0.25) is 5.41 Å². The molecule has 2 heterocycles. The van der Waals surface area contributed by atoms with Crippen molar-refractivity contribution in [2.24, 2.45) is 0 Å². The lowest BCUT2D eigenvalue weighted by Gasteiger charge is -2.41. The molecule has 334 valence electrons. The van der Waals surface area contributed by atoms with Crippen molar-refractivity contribution in [3.8, 4) is 11.1 Å². The zero-order valence-electron chi connectivity index (χ0n) is 39.5. The lowest BCUT2D eigenvalue weighted by atomic mass is 9.81. The predicted molar refractivity (Wildman–Crippen MR) is 291 cm³/mol. The summed E-state index contributed by atoms with van der Waals surface area (Å²) in [6, 6.07) is 65.6. The zero-order valence-corrected chi connectivity index (χ0v) is 39.5. The maximum atomic E-state index is 10.3. The molecule has 0 radical (unpaired) electrons. The Morgan fingerprint density at radius 1 is 0.565 bits per heavy atom. The van der Waals surface area contributed by atoms with Crippen LogP contribution in [0.1, 0.15) is 48.1 Å². The molecule has 0 saturated heterocycles. The van der Waals surface area contributed by atoms with E-state index in [1.54, 1.807) is 0 Å². The summed E-state index contributed by atoms with van der Waals surface area (Å²) in [5.41, 5.74) is 20.5. The van der Waals surface area contributed by atoms with Crippen LogP contribution in [0.25, 0.3) is 28.3 Å². The Morgan fingerprint density at radius 3 is 1.77 bits per heavy atom. The fraction of sp³-hybridized carbons (Fsp3) is 0.109. The Balaban J connectivity index is 1.16. The molecule has 0 bridgehead atoms. The fourth-order valence-electron chi connectivity index (χ4n) is 11.4. The van der Waals surface area contributed by atoms with Crippen LogP contribution in [0.2, 0.25) is 0 Å². The first-order valence-electron chi connectivity index (χ1n) is 23.9. The number of rotatable bonds is 6. The number of allylic oxidation sites excluding steroid dienone is 2. The molecule has 0 fully saturated rings. The molecule has 1 N–H and O–H groups in total. The first-order chi connectivity index (χ1) is 33.7. The van der Waals surface area contributed by atoms with Crippen molar-refractivity contribution in [1.82, 2.24) is 0 Å². The van der Waals surface area contributed by atoms with E-state index >= 15 is 0 Å². The molecular formula is C64H53N5. The van der Waals surface area contributed by atoms with Crippen LogP contribution < -0.4 is 30.0 Å². The largest absolute Gasteiger partial charge is 0.341 e. The summed E-state index contributed by atoms with van der Waals surface area (Å²) in [7, 11) is 4.31. The summed E-state index contributed by atoms with van der Waals surface area (Å²) in [5, 5.41) is 12.4. The Labute approximate surface area is 405 Å². The van der Waals surface area contributed by atoms with Gasteiger partial charge in [0.25, 0.3) is 0 Å². The first-order valence-corrected chi connectivity index (χ1v) is 23.9. The lowest BCUT2D eigenvalue weighted by molar-refractivity contribution is 0.660. The summed E-state index contributed by atoms with van der Waals surface area (Å²) in [6.07, 6.45) is 11.9. The minimum atomic E-state index is -0.191. The smallest absolute Gasteiger partial charge is 0.0699 e. The molecule has 5 heteroatoms. The first kappa shape index (κ1) is 42.0. The van der Waals surface area contributed by atoms with E-state index in [2.05, 4.69) is 248 Å². The molecule has 12 rings (SSSR count). The Morgan fingerprint density at radius 2 is 1.12 bits per heavy atom. The van der Waals surface area contributed by atoms with Gasteiger partial charge in [0, 0.05) is 36.3 Å². The second-order valence-electron chi connectivity index (χ2n) is 19.0. The molecule has 8 aromatic rings. The molecule has 0 spiro atoms. The molecule has 0 amide bonds. The topological polar surface area (TPSA) is 36.8 Å². The van der Waals surface area contributed by atoms with Crippen molar-refractivity contribution < 1.29 is 0 Å². The molecule has 1 unspecified atom stereocenters. The van der Waals surface area contributed by atoms with Gasteiger partial charge in [0.2, 0.25) is 0 Å². The molecule has 8 aromatic carbocycles. The van der Waals surface area contributed by atoms with Crippen LogP contribution in [0.5, 0.6) is 0 Å². The van der Waals surface area contributed by atoms with Crippen LogP contribution in [0.15, 0.2) is 213 Å². The van der Waals surface area contributed by atoms with Gasteiger partial charge in [-0.25, -0.2) is 0 Å². The van der Waals surface area contributed by atoms with Gasteiger partial charge in [-0.1, -0.05) is 166 Å². The number of anilines is 9. The molecular weight excluding hydrogens is 839 g/mol. The average molecular weight is 892 g/mol. The maximum Gasteiger partial charge on any atom is 0.0699 e. The molecule has 0 aromatic heterocycles. The summed E-state index contributed by atoms with van der Waals surface area (Å²) >= 11 is 0. The average Bonchev–Trinajstić information content (AvgIpc) is 3.62. The van der Waals surface area contributed by atoms with Crippen LogP contribution in [0.3, 0.4) is 0 Å². The van der Waals surface area contributed by atoms with Gasteiger partial charge >= 0.3 is 0 Å².